The minimum absolute atomic E-state index is 0.0440. The van der Waals surface area contributed by atoms with E-state index in [2.05, 4.69) is 10.3 Å². The van der Waals surface area contributed by atoms with Crippen molar-refractivity contribution in [2.75, 3.05) is 18.8 Å². The molecule has 6 nitrogen and oxygen atoms in total. The van der Waals surface area contributed by atoms with Gasteiger partial charge >= 0.3 is 12.2 Å². The van der Waals surface area contributed by atoms with E-state index in [1.54, 1.807) is 4.57 Å². The van der Waals surface area contributed by atoms with E-state index in [0.29, 0.717) is 30.3 Å². The maximum atomic E-state index is 13.1. The molecule has 1 aliphatic heterocycles. The van der Waals surface area contributed by atoms with E-state index in [1.807, 2.05) is 30.3 Å². The van der Waals surface area contributed by atoms with Gasteiger partial charge in [0.05, 0.1) is 28.9 Å². The molecule has 1 aromatic heterocycles. The Morgan fingerprint density at radius 2 is 1.93 bits per heavy atom. The summed E-state index contributed by atoms with van der Waals surface area (Å²) in [6, 6.07) is 12.4. The Morgan fingerprint density at radius 1 is 1.17 bits per heavy atom. The summed E-state index contributed by atoms with van der Waals surface area (Å²) in [7, 11) is 0. The number of carbonyl (C=O) groups excluding carboxylic acids is 2. The first-order chi connectivity index (χ1) is 14.3. The van der Waals surface area contributed by atoms with Gasteiger partial charge in [0, 0.05) is 13.1 Å². The number of fused-ring (bicyclic) bond motifs is 1. The average molecular weight is 434 g/mol. The molecule has 4 rings (SSSR count). The van der Waals surface area contributed by atoms with Gasteiger partial charge in [-0.15, -0.1) is 0 Å². The Bertz CT molecular complexity index is 1100. The first kappa shape index (κ1) is 20.3. The van der Waals surface area contributed by atoms with Crippen molar-refractivity contribution in [1.82, 2.24) is 19.8 Å². The van der Waals surface area contributed by atoms with Gasteiger partial charge in [0.25, 0.3) is 0 Å². The fourth-order valence-corrected chi connectivity index (χ4v) is 4.12. The number of hydrogen-bond acceptors (Lipinski definition) is 4. The monoisotopic (exact) mass is 434 g/mol. The molecule has 10 heteroatoms. The van der Waals surface area contributed by atoms with Gasteiger partial charge in [-0.25, -0.2) is 9.78 Å². The first-order valence-electron chi connectivity index (χ1n) is 9.15. The molecule has 3 amide bonds. The predicted octanol–water partition coefficient (Wildman–Crippen LogP) is 3.75. The number of benzene rings is 2. The average Bonchev–Trinajstić information content (AvgIpc) is 3.29. The molecule has 0 saturated carbocycles. The largest absolute Gasteiger partial charge is 0.416 e. The highest BCUT2D eigenvalue weighted by Crippen LogP contribution is 2.33. The number of hydrogen-bond donors (Lipinski definition) is 1. The standard InChI is InChI=1S/C20H17F3N4O2S/c21-20(22,23)14-6-7-16-15(10-14)25-19(27(16)11-13-4-2-1-3-5-13)30-12-17(28)26-9-8-24-18(26)29/h1-7,10H,8-9,11-12H2,(H,24,29). The molecule has 0 spiro atoms. The van der Waals surface area contributed by atoms with E-state index >= 15 is 0 Å². The van der Waals surface area contributed by atoms with E-state index < -0.39 is 17.8 Å². The van der Waals surface area contributed by atoms with Crippen molar-refractivity contribution in [2.45, 2.75) is 17.9 Å². The molecule has 156 valence electrons. The summed E-state index contributed by atoms with van der Waals surface area (Å²) in [5.74, 6) is -0.415. The third-order valence-corrected chi connectivity index (χ3v) is 5.67. The Hall–Kier alpha value is -3.01. The number of rotatable bonds is 5. The van der Waals surface area contributed by atoms with Crippen LogP contribution in [0.4, 0.5) is 18.0 Å². The fourth-order valence-electron chi connectivity index (χ4n) is 3.23. The lowest BCUT2D eigenvalue weighted by Crippen LogP contribution is -2.35. The number of carbonyl (C=O) groups is 2. The maximum Gasteiger partial charge on any atom is 0.416 e. The number of thioether (sulfide) groups is 1. The minimum Gasteiger partial charge on any atom is -0.336 e. The number of nitrogens with zero attached hydrogens (tertiary/aromatic N) is 3. The van der Waals surface area contributed by atoms with Crippen molar-refractivity contribution in [2.24, 2.45) is 0 Å². The van der Waals surface area contributed by atoms with Gasteiger partial charge < -0.3 is 9.88 Å². The van der Waals surface area contributed by atoms with Crippen molar-refractivity contribution in [3.63, 3.8) is 0 Å². The second kappa shape index (κ2) is 8.02. The van der Waals surface area contributed by atoms with Crippen LogP contribution in [0.25, 0.3) is 11.0 Å². The van der Waals surface area contributed by atoms with Crippen LogP contribution in [-0.4, -0.2) is 45.2 Å². The molecule has 1 aliphatic rings. The highest BCUT2D eigenvalue weighted by atomic mass is 32.2. The van der Waals surface area contributed by atoms with Crippen molar-refractivity contribution < 1.29 is 22.8 Å². The number of urea groups is 1. The van der Waals surface area contributed by atoms with Gasteiger partial charge in [0.2, 0.25) is 5.91 Å². The zero-order valence-corrected chi connectivity index (χ0v) is 16.5. The van der Waals surface area contributed by atoms with Gasteiger partial charge in [-0.2, -0.15) is 13.2 Å². The molecule has 0 radical (unpaired) electrons. The summed E-state index contributed by atoms with van der Waals surface area (Å²) < 4.78 is 41.1. The topological polar surface area (TPSA) is 67.2 Å². The molecule has 1 N–H and O–H groups in total. The lowest BCUT2D eigenvalue weighted by molar-refractivity contribution is -0.137. The van der Waals surface area contributed by atoms with Crippen LogP contribution in [0.3, 0.4) is 0 Å². The van der Waals surface area contributed by atoms with Crippen molar-refractivity contribution in [3.05, 3.63) is 59.7 Å². The van der Waals surface area contributed by atoms with Gasteiger partial charge in [0.1, 0.15) is 0 Å². The fraction of sp³-hybridized carbons (Fsp3) is 0.250. The van der Waals surface area contributed by atoms with Crippen molar-refractivity contribution in [3.8, 4) is 0 Å². The summed E-state index contributed by atoms with van der Waals surface area (Å²) in [5, 5.41) is 2.98. The van der Waals surface area contributed by atoms with Crippen LogP contribution in [0.15, 0.2) is 53.7 Å². The molecule has 0 atom stereocenters. The molecule has 1 saturated heterocycles. The molecule has 3 aromatic rings. The first-order valence-corrected chi connectivity index (χ1v) is 10.1. The maximum absolute atomic E-state index is 13.1. The van der Waals surface area contributed by atoms with E-state index in [1.165, 1.54) is 6.07 Å². The molecule has 0 aliphatic carbocycles. The Morgan fingerprint density at radius 3 is 2.60 bits per heavy atom. The summed E-state index contributed by atoms with van der Waals surface area (Å²) in [6.45, 7) is 1.10. The third kappa shape index (κ3) is 4.13. The van der Waals surface area contributed by atoms with E-state index in [0.717, 1.165) is 34.4 Å². The number of halogens is 3. The molecular weight excluding hydrogens is 417 g/mol. The van der Waals surface area contributed by atoms with Crippen LogP contribution in [0.2, 0.25) is 0 Å². The molecule has 30 heavy (non-hydrogen) atoms. The number of imidazole rings is 1. The number of aromatic nitrogens is 2. The SMILES string of the molecule is O=C(CSc1nc2cc(C(F)(F)F)ccc2n1Cc1ccccc1)N1CCNC1=O. The molecule has 0 unspecified atom stereocenters. The second-order valence-electron chi connectivity index (χ2n) is 6.73. The predicted molar refractivity (Wildman–Crippen MR) is 106 cm³/mol. The van der Waals surface area contributed by atoms with Crippen LogP contribution >= 0.6 is 11.8 Å². The highest BCUT2D eigenvalue weighted by Gasteiger charge is 2.31. The van der Waals surface area contributed by atoms with Crippen molar-refractivity contribution in [1.29, 1.82) is 0 Å². The van der Waals surface area contributed by atoms with Crippen LogP contribution in [0, 0.1) is 0 Å². The molecule has 2 heterocycles. The second-order valence-corrected chi connectivity index (χ2v) is 7.68. The normalized spacial score (nSPS) is 14.4. The van der Waals surface area contributed by atoms with Crippen LogP contribution < -0.4 is 5.32 Å². The van der Waals surface area contributed by atoms with Crippen molar-refractivity contribution >= 4 is 34.7 Å². The Labute approximate surface area is 174 Å². The summed E-state index contributed by atoms with van der Waals surface area (Å²) in [6.07, 6.45) is -4.47. The molecular formula is C20H17F3N4O2S. The number of imide groups is 1. The van der Waals surface area contributed by atoms with E-state index in [9.17, 15) is 22.8 Å². The van der Waals surface area contributed by atoms with Gasteiger partial charge in [-0.3, -0.25) is 9.69 Å². The zero-order chi connectivity index (χ0) is 21.3. The van der Waals surface area contributed by atoms with E-state index in [4.69, 9.17) is 0 Å². The summed E-state index contributed by atoms with van der Waals surface area (Å²) in [4.78, 5) is 29.5. The number of amides is 3. The highest BCUT2D eigenvalue weighted by molar-refractivity contribution is 7.99. The number of alkyl halides is 3. The summed E-state index contributed by atoms with van der Waals surface area (Å²) in [5.41, 5.74) is 0.917. The molecule has 0 bridgehead atoms. The molecule has 1 fully saturated rings. The van der Waals surface area contributed by atoms with Gasteiger partial charge in [-0.05, 0) is 23.8 Å². The van der Waals surface area contributed by atoms with Gasteiger partial charge in [-0.1, -0.05) is 42.1 Å². The van der Waals surface area contributed by atoms with E-state index in [-0.39, 0.29) is 17.2 Å². The quantitative estimate of drug-likeness (QED) is 0.622. The number of nitrogens with one attached hydrogen (secondary N) is 1. The van der Waals surface area contributed by atoms with Crippen LogP contribution in [0.5, 0.6) is 0 Å². The van der Waals surface area contributed by atoms with Gasteiger partial charge in [0.15, 0.2) is 5.16 Å². The molecule has 2 aromatic carbocycles. The zero-order valence-electron chi connectivity index (χ0n) is 15.6. The van der Waals surface area contributed by atoms with Crippen LogP contribution in [0.1, 0.15) is 11.1 Å². The van der Waals surface area contributed by atoms with Crippen LogP contribution in [-0.2, 0) is 17.5 Å². The Balaban J connectivity index is 1.66. The Kier molecular flexibility index (Phi) is 5.42. The third-order valence-electron chi connectivity index (χ3n) is 4.71. The summed E-state index contributed by atoms with van der Waals surface area (Å²) >= 11 is 1.10. The smallest absolute Gasteiger partial charge is 0.336 e. The lowest BCUT2D eigenvalue weighted by Gasteiger charge is -2.12. The minimum atomic E-state index is -4.47. The lowest BCUT2D eigenvalue weighted by atomic mass is 10.2.